The molecule has 0 radical (unpaired) electrons. The maximum absolute atomic E-state index is 12.2. The van der Waals surface area contributed by atoms with Crippen molar-refractivity contribution in [2.75, 3.05) is 5.75 Å². The summed E-state index contributed by atoms with van der Waals surface area (Å²) < 4.78 is 5.26. The van der Waals surface area contributed by atoms with Gasteiger partial charge in [0.1, 0.15) is 6.61 Å². The van der Waals surface area contributed by atoms with E-state index in [0.29, 0.717) is 10.6 Å². The van der Waals surface area contributed by atoms with E-state index in [-0.39, 0.29) is 30.6 Å². The van der Waals surface area contributed by atoms with Gasteiger partial charge in [0.25, 0.3) is 0 Å². The van der Waals surface area contributed by atoms with E-state index in [1.807, 2.05) is 61.5 Å². The second-order valence-electron chi connectivity index (χ2n) is 6.51. The first-order valence-electron chi connectivity index (χ1n) is 8.90. The second-order valence-corrected chi connectivity index (χ2v) is 7.49. The van der Waals surface area contributed by atoms with Crippen molar-refractivity contribution in [2.24, 2.45) is 0 Å². The number of allylic oxidation sites excluding steroid dienone is 1. The smallest absolute Gasteiger partial charge is 0.316 e. The zero-order valence-corrected chi connectivity index (χ0v) is 16.3. The fourth-order valence-corrected chi connectivity index (χ4v) is 3.80. The zero-order chi connectivity index (χ0) is 19.9. The molecule has 2 aromatic carbocycles. The van der Waals surface area contributed by atoms with Crippen molar-refractivity contribution in [2.45, 2.75) is 25.9 Å². The number of benzene rings is 2. The molecule has 3 rings (SSSR count). The Labute approximate surface area is 168 Å². The molecule has 0 saturated heterocycles. The van der Waals surface area contributed by atoms with Crippen molar-refractivity contribution in [3.63, 3.8) is 0 Å². The second kappa shape index (κ2) is 9.25. The number of nitriles is 1. The van der Waals surface area contributed by atoms with Gasteiger partial charge < -0.3 is 10.1 Å². The lowest BCUT2D eigenvalue weighted by Gasteiger charge is -2.25. The first-order valence-corrected chi connectivity index (χ1v) is 9.88. The molecule has 1 atom stereocenters. The van der Waals surface area contributed by atoms with E-state index in [0.717, 1.165) is 28.5 Å². The molecule has 1 unspecified atom stereocenters. The number of amides is 1. The Morgan fingerprint density at radius 1 is 1.21 bits per heavy atom. The summed E-state index contributed by atoms with van der Waals surface area (Å²) >= 11 is 1.13. The van der Waals surface area contributed by atoms with Crippen LogP contribution in [0.3, 0.4) is 0 Å². The molecule has 0 bridgehead atoms. The number of carbonyl (C=O) groups is 2. The Kier molecular flexibility index (Phi) is 6.51. The normalized spacial score (nSPS) is 16.3. The average Bonchev–Trinajstić information content (AvgIpc) is 2.71. The monoisotopic (exact) mass is 392 g/mol. The molecule has 0 aromatic heterocycles. The van der Waals surface area contributed by atoms with Gasteiger partial charge in [-0.15, -0.1) is 0 Å². The highest BCUT2D eigenvalue weighted by molar-refractivity contribution is 8.03. The number of nitrogens with zero attached hydrogens (tertiary/aromatic N) is 1. The van der Waals surface area contributed by atoms with Crippen LogP contribution in [0.4, 0.5) is 0 Å². The zero-order valence-electron chi connectivity index (χ0n) is 15.5. The Hall–Kier alpha value is -3.04. The van der Waals surface area contributed by atoms with Gasteiger partial charge in [-0.05, 0) is 18.1 Å². The van der Waals surface area contributed by atoms with Crippen LogP contribution >= 0.6 is 11.8 Å². The van der Waals surface area contributed by atoms with Crippen molar-refractivity contribution in [1.29, 1.82) is 5.26 Å². The van der Waals surface area contributed by atoms with Crippen LogP contribution in [-0.4, -0.2) is 17.6 Å². The summed E-state index contributed by atoms with van der Waals surface area (Å²) in [6, 6.07) is 19.4. The van der Waals surface area contributed by atoms with Crippen molar-refractivity contribution in [3.05, 3.63) is 81.9 Å². The lowest BCUT2D eigenvalue weighted by atomic mass is 9.87. The molecule has 142 valence electrons. The fourth-order valence-electron chi connectivity index (χ4n) is 2.93. The summed E-state index contributed by atoms with van der Waals surface area (Å²) in [5.41, 5.74) is 3.41. The first kappa shape index (κ1) is 19.7. The molecule has 1 aliphatic heterocycles. The highest BCUT2D eigenvalue weighted by Crippen LogP contribution is 2.36. The molecule has 1 N–H and O–H groups in total. The highest BCUT2D eigenvalue weighted by atomic mass is 32.2. The number of aryl methyl sites for hydroxylation is 1. The third-order valence-corrected chi connectivity index (χ3v) is 5.40. The summed E-state index contributed by atoms with van der Waals surface area (Å²) in [5.74, 6) is -0.842. The number of ether oxygens (including phenoxy) is 1. The Bertz CT molecular complexity index is 931. The van der Waals surface area contributed by atoms with Gasteiger partial charge in [0, 0.05) is 12.3 Å². The molecule has 0 aliphatic carbocycles. The standard InChI is InChI=1S/C22H20N2O3S/c1-15-7-9-17(10-8-15)18-11-20(25)24-22(19(18)12-23)28-14-21(26)27-13-16-5-3-2-4-6-16/h2-10,18H,11,13-14H2,1H3,(H,24,25). The number of esters is 1. The van der Waals surface area contributed by atoms with Crippen LogP contribution < -0.4 is 5.32 Å². The minimum absolute atomic E-state index is 0.0221. The lowest BCUT2D eigenvalue weighted by molar-refractivity contribution is -0.141. The average molecular weight is 392 g/mol. The Balaban J connectivity index is 1.68. The van der Waals surface area contributed by atoms with E-state index >= 15 is 0 Å². The molecule has 2 aromatic rings. The third kappa shape index (κ3) is 5.02. The van der Waals surface area contributed by atoms with Crippen LogP contribution in [0.5, 0.6) is 0 Å². The van der Waals surface area contributed by atoms with Crippen molar-refractivity contribution in [3.8, 4) is 6.07 Å². The first-order chi connectivity index (χ1) is 13.6. The molecule has 28 heavy (non-hydrogen) atoms. The van der Waals surface area contributed by atoms with Crippen molar-refractivity contribution >= 4 is 23.6 Å². The summed E-state index contributed by atoms with van der Waals surface area (Å²) in [6.45, 7) is 2.18. The van der Waals surface area contributed by atoms with Gasteiger partial charge in [-0.3, -0.25) is 9.59 Å². The summed E-state index contributed by atoms with van der Waals surface area (Å²) in [4.78, 5) is 24.2. The number of hydrogen-bond donors (Lipinski definition) is 1. The van der Waals surface area contributed by atoms with Crippen LogP contribution in [0.15, 0.2) is 65.2 Å². The predicted molar refractivity (Wildman–Crippen MR) is 108 cm³/mol. The van der Waals surface area contributed by atoms with Gasteiger partial charge in [0.05, 0.1) is 22.4 Å². The summed E-state index contributed by atoms with van der Waals surface area (Å²) in [5, 5.41) is 12.8. The minimum Gasteiger partial charge on any atom is -0.460 e. The quantitative estimate of drug-likeness (QED) is 0.756. The number of carbonyl (C=O) groups excluding carboxylic acids is 2. The van der Waals surface area contributed by atoms with Crippen LogP contribution in [0.1, 0.15) is 29.0 Å². The van der Waals surface area contributed by atoms with Crippen molar-refractivity contribution < 1.29 is 14.3 Å². The van der Waals surface area contributed by atoms with Gasteiger partial charge in [-0.25, -0.2) is 0 Å². The third-order valence-electron chi connectivity index (χ3n) is 4.41. The maximum Gasteiger partial charge on any atom is 0.316 e. The lowest BCUT2D eigenvalue weighted by Crippen LogP contribution is -2.31. The molecule has 1 aliphatic rings. The Morgan fingerprint density at radius 3 is 2.61 bits per heavy atom. The van der Waals surface area contributed by atoms with Crippen LogP contribution in [0, 0.1) is 18.3 Å². The predicted octanol–water partition coefficient (Wildman–Crippen LogP) is 3.81. The summed E-state index contributed by atoms with van der Waals surface area (Å²) in [6.07, 6.45) is 0.217. The van der Waals surface area contributed by atoms with E-state index in [2.05, 4.69) is 11.4 Å². The number of nitrogens with one attached hydrogen (secondary N) is 1. The van der Waals surface area contributed by atoms with Gasteiger partial charge in [-0.2, -0.15) is 5.26 Å². The molecule has 1 heterocycles. The SMILES string of the molecule is Cc1ccc(C2CC(=O)NC(SCC(=O)OCc3ccccc3)=C2C#N)cc1. The molecule has 0 spiro atoms. The van der Waals surface area contributed by atoms with Crippen LogP contribution in [0.2, 0.25) is 0 Å². The number of hydrogen-bond acceptors (Lipinski definition) is 5. The largest absolute Gasteiger partial charge is 0.460 e. The Morgan fingerprint density at radius 2 is 1.93 bits per heavy atom. The topological polar surface area (TPSA) is 79.2 Å². The van der Waals surface area contributed by atoms with Gasteiger partial charge in [-0.1, -0.05) is 71.9 Å². The molecule has 0 fully saturated rings. The molecular formula is C22H20N2O3S. The van der Waals surface area contributed by atoms with Gasteiger partial charge >= 0.3 is 5.97 Å². The number of thioether (sulfide) groups is 1. The van der Waals surface area contributed by atoms with Crippen molar-refractivity contribution in [1.82, 2.24) is 5.32 Å². The fraction of sp³-hybridized carbons (Fsp3) is 0.227. The number of rotatable bonds is 6. The molecule has 0 saturated carbocycles. The van der Waals surface area contributed by atoms with E-state index in [1.54, 1.807) is 0 Å². The minimum atomic E-state index is -0.398. The van der Waals surface area contributed by atoms with E-state index in [1.165, 1.54) is 0 Å². The van der Waals surface area contributed by atoms with Crippen LogP contribution in [0.25, 0.3) is 0 Å². The van der Waals surface area contributed by atoms with Gasteiger partial charge in [0.15, 0.2) is 0 Å². The van der Waals surface area contributed by atoms with Crippen LogP contribution in [-0.2, 0) is 20.9 Å². The van der Waals surface area contributed by atoms with Gasteiger partial charge in [0.2, 0.25) is 5.91 Å². The van der Waals surface area contributed by atoms with E-state index in [9.17, 15) is 14.9 Å². The molecular weight excluding hydrogens is 372 g/mol. The molecule has 6 heteroatoms. The summed E-state index contributed by atoms with van der Waals surface area (Å²) in [7, 11) is 0. The molecule has 1 amide bonds. The van der Waals surface area contributed by atoms with E-state index in [4.69, 9.17) is 4.74 Å². The van der Waals surface area contributed by atoms with E-state index < -0.39 is 5.97 Å². The highest BCUT2D eigenvalue weighted by Gasteiger charge is 2.29. The maximum atomic E-state index is 12.2. The molecule has 5 nitrogen and oxygen atoms in total.